The minimum Gasteiger partial charge on any atom is -0.477 e. The SMILES string of the molecule is CCOC(=O)c1nn(-c2ccccc2)c2nc(C(=O)O)cc(-c3ccc(N4CCOCC4)cc3)c12. The fraction of sp³-hybridized carbons (Fsp3) is 0.231. The number of aromatic carboxylic acids is 1. The number of rotatable bonds is 6. The van der Waals surface area contributed by atoms with Crippen LogP contribution in [0.25, 0.3) is 27.8 Å². The second kappa shape index (κ2) is 9.55. The highest BCUT2D eigenvalue weighted by Crippen LogP contribution is 2.34. The molecule has 0 saturated carbocycles. The van der Waals surface area contributed by atoms with Gasteiger partial charge in [0.05, 0.1) is 30.9 Å². The molecule has 35 heavy (non-hydrogen) atoms. The molecule has 0 spiro atoms. The Bertz CT molecular complexity index is 1380. The molecule has 1 saturated heterocycles. The number of carboxylic acids is 1. The van der Waals surface area contributed by atoms with Gasteiger partial charge < -0.3 is 19.5 Å². The number of morpholine rings is 1. The summed E-state index contributed by atoms with van der Waals surface area (Å²) in [7, 11) is 0. The first-order valence-electron chi connectivity index (χ1n) is 11.4. The van der Waals surface area contributed by atoms with Gasteiger partial charge in [0, 0.05) is 18.8 Å². The number of fused-ring (bicyclic) bond motifs is 1. The van der Waals surface area contributed by atoms with Crippen molar-refractivity contribution in [2.75, 3.05) is 37.8 Å². The summed E-state index contributed by atoms with van der Waals surface area (Å²) in [5.74, 6) is -1.76. The van der Waals surface area contributed by atoms with Crippen LogP contribution < -0.4 is 4.90 Å². The molecule has 1 aliphatic rings. The van der Waals surface area contributed by atoms with Crippen molar-refractivity contribution in [3.05, 3.63) is 72.1 Å². The van der Waals surface area contributed by atoms with Gasteiger partial charge in [-0.15, -0.1) is 0 Å². The minimum atomic E-state index is -1.17. The molecule has 3 heterocycles. The molecule has 1 aliphatic heterocycles. The molecule has 1 N–H and O–H groups in total. The Morgan fingerprint density at radius 2 is 1.74 bits per heavy atom. The summed E-state index contributed by atoms with van der Waals surface area (Å²) in [4.78, 5) is 31.5. The van der Waals surface area contributed by atoms with E-state index in [-0.39, 0.29) is 23.6 Å². The lowest BCUT2D eigenvalue weighted by atomic mass is 10.00. The van der Waals surface area contributed by atoms with Crippen molar-refractivity contribution >= 4 is 28.7 Å². The number of hydrogen-bond donors (Lipinski definition) is 1. The number of carbonyl (C=O) groups excluding carboxylic acids is 1. The van der Waals surface area contributed by atoms with Crippen molar-refractivity contribution in [1.82, 2.24) is 14.8 Å². The van der Waals surface area contributed by atoms with E-state index in [0.717, 1.165) is 24.3 Å². The smallest absolute Gasteiger partial charge is 0.359 e. The Labute approximate surface area is 201 Å². The van der Waals surface area contributed by atoms with E-state index in [1.165, 1.54) is 10.7 Å². The van der Waals surface area contributed by atoms with Crippen molar-refractivity contribution in [1.29, 1.82) is 0 Å². The van der Waals surface area contributed by atoms with Gasteiger partial charge in [0.15, 0.2) is 17.0 Å². The zero-order valence-electron chi connectivity index (χ0n) is 19.2. The van der Waals surface area contributed by atoms with Gasteiger partial charge in [-0.05, 0) is 48.4 Å². The number of anilines is 1. The van der Waals surface area contributed by atoms with Crippen LogP contribution in [0.1, 0.15) is 27.9 Å². The molecule has 0 bridgehead atoms. The van der Waals surface area contributed by atoms with E-state index in [2.05, 4.69) is 15.0 Å². The third-order valence-electron chi connectivity index (χ3n) is 5.88. The quantitative estimate of drug-likeness (QED) is 0.423. The van der Waals surface area contributed by atoms with Crippen LogP contribution in [0.15, 0.2) is 60.7 Å². The number of para-hydroxylation sites is 1. The topological polar surface area (TPSA) is 107 Å². The van der Waals surface area contributed by atoms with Crippen molar-refractivity contribution in [3.63, 3.8) is 0 Å². The normalized spacial score (nSPS) is 13.7. The summed E-state index contributed by atoms with van der Waals surface area (Å²) >= 11 is 0. The summed E-state index contributed by atoms with van der Waals surface area (Å²) in [6, 6.07) is 18.4. The van der Waals surface area contributed by atoms with E-state index in [9.17, 15) is 14.7 Å². The van der Waals surface area contributed by atoms with E-state index in [1.807, 2.05) is 54.6 Å². The lowest BCUT2D eigenvalue weighted by molar-refractivity contribution is 0.0520. The molecule has 0 radical (unpaired) electrons. The Morgan fingerprint density at radius 1 is 1.03 bits per heavy atom. The molecule has 0 atom stereocenters. The molecule has 2 aromatic heterocycles. The number of carboxylic acid groups (broad SMARTS) is 1. The lowest BCUT2D eigenvalue weighted by Gasteiger charge is -2.29. The minimum absolute atomic E-state index is 0.0856. The van der Waals surface area contributed by atoms with Crippen molar-refractivity contribution in [2.24, 2.45) is 0 Å². The van der Waals surface area contributed by atoms with Gasteiger partial charge in [0.1, 0.15) is 0 Å². The highest BCUT2D eigenvalue weighted by molar-refractivity contribution is 6.09. The van der Waals surface area contributed by atoms with Crippen molar-refractivity contribution in [3.8, 4) is 16.8 Å². The second-order valence-electron chi connectivity index (χ2n) is 8.02. The van der Waals surface area contributed by atoms with Gasteiger partial charge in [-0.1, -0.05) is 30.3 Å². The summed E-state index contributed by atoms with van der Waals surface area (Å²) in [6.45, 7) is 4.87. The summed E-state index contributed by atoms with van der Waals surface area (Å²) < 4.78 is 12.2. The van der Waals surface area contributed by atoms with Gasteiger partial charge in [-0.2, -0.15) is 5.10 Å². The van der Waals surface area contributed by atoms with Crippen LogP contribution in [0, 0.1) is 0 Å². The van der Waals surface area contributed by atoms with Crippen LogP contribution in [0.2, 0.25) is 0 Å². The number of benzene rings is 2. The van der Waals surface area contributed by atoms with E-state index in [0.29, 0.717) is 29.9 Å². The predicted molar refractivity (Wildman–Crippen MR) is 130 cm³/mol. The van der Waals surface area contributed by atoms with Crippen LogP contribution in [0.3, 0.4) is 0 Å². The highest BCUT2D eigenvalue weighted by atomic mass is 16.5. The predicted octanol–water partition coefficient (Wildman–Crippen LogP) is 3.80. The maximum Gasteiger partial charge on any atom is 0.359 e. The highest BCUT2D eigenvalue weighted by Gasteiger charge is 2.26. The Morgan fingerprint density at radius 3 is 2.40 bits per heavy atom. The maximum absolute atomic E-state index is 12.9. The van der Waals surface area contributed by atoms with Crippen LogP contribution in [-0.2, 0) is 9.47 Å². The molecule has 0 unspecified atom stereocenters. The van der Waals surface area contributed by atoms with Crippen molar-refractivity contribution < 1.29 is 24.2 Å². The molecule has 1 fully saturated rings. The standard InChI is InChI=1S/C26H24N4O5/c1-2-35-26(33)23-22-20(17-8-10-18(11-9-17)29-12-14-34-15-13-29)16-21(25(31)32)27-24(22)30(28-23)19-6-4-3-5-7-19/h3-11,16H,2,12-15H2,1H3,(H,31,32). The first-order chi connectivity index (χ1) is 17.1. The van der Waals surface area contributed by atoms with Gasteiger partial charge >= 0.3 is 11.9 Å². The molecule has 5 rings (SSSR count). The summed E-state index contributed by atoms with van der Waals surface area (Å²) in [6.07, 6.45) is 0. The number of ether oxygens (including phenoxy) is 2. The number of hydrogen-bond acceptors (Lipinski definition) is 7. The van der Waals surface area contributed by atoms with E-state index in [4.69, 9.17) is 9.47 Å². The maximum atomic E-state index is 12.9. The Kier molecular flexibility index (Phi) is 6.15. The third-order valence-corrected chi connectivity index (χ3v) is 5.88. The van der Waals surface area contributed by atoms with Gasteiger partial charge in [-0.25, -0.2) is 19.3 Å². The molecule has 0 amide bonds. The first kappa shape index (κ1) is 22.5. The number of nitrogens with zero attached hydrogens (tertiary/aromatic N) is 4. The van der Waals surface area contributed by atoms with E-state index in [1.54, 1.807) is 6.92 Å². The van der Waals surface area contributed by atoms with Crippen LogP contribution in [0.5, 0.6) is 0 Å². The molecule has 0 aliphatic carbocycles. The largest absolute Gasteiger partial charge is 0.477 e. The zero-order valence-corrected chi connectivity index (χ0v) is 19.2. The first-order valence-corrected chi connectivity index (χ1v) is 11.4. The number of aromatic nitrogens is 3. The van der Waals surface area contributed by atoms with Crippen molar-refractivity contribution in [2.45, 2.75) is 6.92 Å². The monoisotopic (exact) mass is 472 g/mol. The van der Waals surface area contributed by atoms with Crippen LogP contribution in [0.4, 0.5) is 5.69 Å². The molecule has 9 heteroatoms. The lowest BCUT2D eigenvalue weighted by Crippen LogP contribution is -2.36. The third kappa shape index (κ3) is 4.33. The Hall–Kier alpha value is -4.24. The van der Waals surface area contributed by atoms with Gasteiger partial charge in [0.25, 0.3) is 0 Å². The van der Waals surface area contributed by atoms with E-state index < -0.39 is 11.9 Å². The number of carbonyl (C=O) groups is 2. The Balaban J connectivity index is 1.72. The molecule has 9 nitrogen and oxygen atoms in total. The summed E-state index contributed by atoms with van der Waals surface area (Å²) in [5.41, 5.74) is 3.20. The van der Waals surface area contributed by atoms with Gasteiger partial charge in [-0.3, -0.25) is 0 Å². The molecular weight excluding hydrogens is 448 g/mol. The number of pyridine rings is 1. The van der Waals surface area contributed by atoms with E-state index >= 15 is 0 Å². The summed E-state index contributed by atoms with van der Waals surface area (Å²) in [5, 5.41) is 14.8. The van der Waals surface area contributed by atoms with Gasteiger partial charge in [0.2, 0.25) is 0 Å². The average Bonchev–Trinajstić information content (AvgIpc) is 3.29. The zero-order chi connectivity index (χ0) is 24.4. The second-order valence-corrected chi connectivity index (χ2v) is 8.02. The molecule has 4 aromatic rings. The molecular formula is C26H24N4O5. The average molecular weight is 473 g/mol. The fourth-order valence-corrected chi connectivity index (χ4v) is 4.22. The number of esters is 1. The van der Waals surface area contributed by atoms with Crippen LogP contribution >= 0.6 is 0 Å². The molecule has 178 valence electrons. The fourth-order valence-electron chi connectivity index (χ4n) is 4.22. The van der Waals surface area contributed by atoms with Crippen LogP contribution in [-0.4, -0.2) is 64.7 Å². The molecule has 2 aromatic carbocycles.